The highest BCUT2D eigenvalue weighted by atomic mass is 79.9. The van der Waals surface area contributed by atoms with Crippen LogP contribution in [0.5, 0.6) is 0 Å². The molecule has 1 amide bonds. The molecule has 0 aliphatic carbocycles. The van der Waals surface area contributed by atoms with E-state index >= 15 is 0 Å². The Bertz CT molecular complexity index is 1010. The SMILES string of the molecule is Cc1c(C(=O)NS(=O)(=O)c2cc(Cl)c(Br)s2)cnc2ccnn12. The van der Waals surface area contributed by atoms with E-state index in [0.717, 1.165) is 11.3 Å². The molecular formula is C12H8BrClN4O3S2. The van der Waals surface area contributed by atoms with Crippen molar-refractivity contribution in [1.82, 2.24) is 19.3 Å². The third kappa shape index (κ3) is 2.99. The lowest BCUT2D eigenvalue weighted by molar-refractivity contribution is 0.0980. The van der Waals surface area contributed by atoms with Gasteiger partial charge in [-0.3, -0.25) is 4.79 Å². The lowest BCUT2D eigenvalue weighted by atomic mass is 10.2. The van der Waals surface area contributed by atoms with E-state index in [1.54, 1.807) is 19.2 Å². The Morgan fingerprint density at radius 2 is 2.22 bits per heavy atom. The average molecular weight is 436 g/mol. The summed E-state index contributed by atoms with van der Waals surface area (Å²) in [6, 6.07) is 2.95. The fourth-order valence-electron chi connectivity index (χ4n) is 1.90. The molecule has 0 aliphatic heterocycles. The molecule has 3 aromatic heterocycles. The lowest BCUT2D eigenvalue weighted by Crippen LogP contribution is -2.31. The molecule has 0 fully saturated rings. The minimum absolute atomic E-state index is 0.0616. The predicted octanol–water partition coefficient (Wildman–Crippen LogP) is 2.63. The summed E-state index contributed by atoms with van der Waals surface area (Å²) < 4.78 is 28.4. The summed E-state index contributed by atoms with van der Waals surface area (Å²) in [5.74, 6) is -0.784. The van der Waals surface area contributed by atoms with Gasteiger partial charge in [0.15, 0.2) is 5.65 Å². The summed E-state index contributed by atoms with van der Waals surface area (Å²) in [5.41, 5.74) is 1.17. The molecule has 0 atom stereocenters. The minimum Gasteiger partial charge on any atom is -0.268 e. The van der Waals surface area contributed by atoms with Crippen LogP contribution in [0.4, 0.5) is 0 Å². The molecule has 1 N–H and O–H groups in total. The number of aromatic nitrogens is 3. The topological polar surface area (TPSA) is 93.4 Å². The van der Waals surface area contributed by atoms with E-state index in [2.05, 4.69) is 26.0 Å². The van der Waals surface area contributed by atoms with E-state index in [4.69, 9.17) is 11.6 Å². The zero-order chi connectivity index (χ0) is 16.8. The highest BCUT2D eigenvalue weighted by Gasteiger charge is 2.24. The van der Waals surface area contributed by atoms with Crippen LogP contribution in [0.25, 0.3) is 5.65 Å². The molecule has 0 bridgehead atoms. The van der Waals surface area contributed by atoms with Crippen LogP contribution in [0.15, 0.2) is 32.5 Å². The van der Waals surface area contributed by atoms with Crippen molar-refractivity contribution in [2.45, 2.75) is 11.1 Å². The summed E-state index contributed by atoms with van der Waals surface area (Å²) in [5, 5.41) is 4.30. The number of hydrogen-bond acceptors (Lipinski definition) is 6. The van der Waals surface area contributed by atoms with Gasteiger partial charge < -0.3 is 0 Å². The van der Waals surface area contributed by atoms with Gasteiger partial charge >= 0.3 is 0 Å². The number of rotatable bonds is 3. The van der Waals surface area contributed by atoms with Crippen molar-refractivity contribution in [2.75, 3.05) is 0 Å². The monoisotopic (exact) mass is 434 g/mol. The Hall–Kier alpha value is -1.49. The van der Waals surface area contributed by atoms with Crippen LogP contribution in [-0.2, 0) is 10.0 Å². The number of nitrogens with zero attached hydrogens (tertiary/aromatic N) is 3. The molecule has 0 saturated carbocycles. The maximum absolute atomic E-state index is 12.3. The van der Waals surface area contributed by atoms with Crippen LogP contribution in [0.2, 0.25) is 5.02 Å². The first-order chi connectivity index (χ1) is 10.8. The number of halogens is 2. The number of hydrogen-bond donors (Lipinski definition) is 1. The Balaban J connectivity index is 1.95. The third-order valence-corrected chi connectivity index (χ3v) is 7.29. The smallest absolute Gasteiger partial charge is 0.268 e. The first-order valence-electron chi connectivity index (χ1n) is 6.11. The first-order valence-corrected chi connectivity index (χ1v) is 9.58. The molecule has 3 aromatic rings. The van der Waals surface area contributed by atoms with Crippen LogP contribution >= 0.6 is 38.9 Å². The van der Waals surface area contributed by atoms with E-state index in [1.807, 2.05) is 4.72 Å². The number of thiophene rings is 1. The highest BCUT2D eigenvalue weighted by Crippen LogP contribution is 2.34. The largest absolute Gasteiger partial charge is 0.273 e. The Labute approximate surface area is 148 Å². The van der Waals surface area contributed by atoms with Crippen LogP contribution < -0.4 is 4.72 Å². The van der Waals surface area contributed by atoms with E-state index in [0.29, 0.717) is 15.1 Å². The van der Waals surface area contributed by atoms with Crippen molar-refractivity contribution in [2.24, 2.45) is 0 Å². The van der Waals surface area contributed by atoms with Gasteiger partial charge in [-0.15, -0.1) is 11.3 Å². The molecule has 0 unspecified atom stereocenters. The fraction of sp³-hybridized carbons (Fsp3) is 0.0833. The van der Waals surface area contributed by atoms with Crippen LogP contribution in [0, 0.1) is 6.92 Å². The normalized spacial score (nSPS) is 11.8. The van der Waals surface area contributed by atoms with Crippen molar-refractivity contribution in [3.05, 3.63) is 44.6 Å². The molecule has 7 nitrogen and oxygen atoms in total. The maximum atomic E-state index is 12.3. The third-order valence-electron chi connectivity index (χ3n) is 3.02. The minimum atomic E-state index is -4.02. The van der Waals surface area contributed by atoms with Gasteiger partial charge in [-0.1, -0.05) is 11.6 Å². The van der Waals surface area contributed by atoms with E-state index < -0.39 is 15.9 Å². The zero-order valence-corrected chi connectivity index (χ0v) is 15.4. The fourth-order valence-corrected chi connectivity index (χ4v) is 5.26. The van der Waals surface area contributed by atoms with Crippen molar-refractivity contribution >= 4 is 60.4 Å². The van der Waals surface area contributed by atoms with Gasteiger partial charge in [-0.2, -0.15) is 5.10 Å². The summed E-state index contributed by atoms with van der Waals surface area (Å²) in [6.45, 7) is 1.65. The first kappa shape index (κ1) is 16.4. The standard InChI is InChI=1S/C12H8BrClN4O3S2/c1-6-7(5-15-9-2-3-16-18(6)9)12(19)17-23(20,21)10-4-8(14)11(13)22-10/h2-5H,1H3,(H,17,19). The molecule has 0 aliphatic rings. The van der Waals surface area contributed by atoms with E-state index in [-0.39, 0.29) is 14.8 Å². The average Bonchev–Trinajstić information content (AvgIpc) is 3.07. The molecule has 0 aromatic carbocycles. The van der Waals surface area contributed by atoms with Crippen molar-refractivity contribution < 1.29 is 13.2 Å². The molecule has 23 heavy (non-hydrogen) atoms. The number of amides is 1. The second kappa shape index (κ2) is 5.86. The van der Waals surface area contributed by atoms with Gasteiger partial charge in [-0.25, -0.2) is 22.6 Å². The number of aryl methyl sites for hydroxylation is 1. The second-order valence-corrected chi connectivity index (χ2v) is 9.17. The van der Waals surface area contributed by atoms with Crippen LogP contribution in [0.3, 0.4) is 0 Å². The lowest BCUT2D eigenvalue weighted by Gasteiger charge is -2.08. The summed E-state index contributed by atoms with van der Waals surface area (Å²) in [7, 11) is -4.02. The van der Waals surface area contributed by atoms with Gasteiger partial charge in [0.05, 0.1) is 26.3 Å². The van der Waals surface area contributed by atoms with Gasteiger partial charge in [0, 0.05) is 12.3 Å². The van der Waals surface area contributed by atoms with Crippen molar-refractivity contribution in [3.8, 4) is 0 Å². The van der Waals surface area contributed by atoms with Gasteiger partial charge in [-0.05, 0) is 28.9 Å². The predicted molar refractivity (Wildman–Crippen MR) is 89.4 cm³/mol. The van der Waals surface area contributed by atoms with Gasteiger partial charge in [0.1, 0.15) is 4.21 Å². The molecular weight excluding hydrogens is 428 g/mol. The van der Waals surface area contributed by atoms with Crippen molar-refractivity contribution in [3.63, 3.8) is 0 Å². The summed E-state index contributed by atoms with van der Waals surface area (Å²) in [6.07, 6.45) is 2.85. The molecule has 3 heterocycles. The van der Waals surface area contributed by atoms with Crippen LogP contribution in [-0.4, -0.2) is 28.9 Å². The summed E-state index contributed by atoms with van der Waals surface area (Å²) in [4.78, 5) is 16.4. The molecule has 120 valence electrons. The quantitative estimate of drug-likeness (QED) is 0.682. The zero-order valence-electron chi connectivity index (χ0n) is 11.4. The highest BCUT2D eigenvalue weighted by molar-refractivity contribution is 9.11. The maximum Gasteiger partial charge on any atom is 0.273 e. The Morgan fingerprint density at radius 1 is 1.48 bits per heavy atom. The second-order valence-electron chi connectivity index (χ2n) is 4.48. The Morgan fingerprint density at radius 3 is 2.87 bits per heavy atom. The summed E-state index contributed by atoms with van der Waals surface area (Å²) >= 11 is 9.89. The molecule has 3 rings (SSSR count). The van der Waals surface area contributed by atoms with E-state index in [1.165, 1.54) is 16.8 Å². The number of nitrogens with one attached hydrogen (secondary N) is 1. The van der Waals surface area contributed by atoms with E-state index in [9.17, 15) is 13.2 Å². The number of sulfonamides is 1. The molecule has 11 heteroatoms. The van der Waals surface area contributed by atoms with Crippen LogP contribution in [0.1, 0.15) is 16.1 Å². The molecule has 0 spiro atoms. The number of carbonyl (C=O) groups is 1. The molecule has 0 saturated heterocycles. The van der Waals surface area contributed by atoms with Gasteiger partial charge in [0.25, 0.3) is 15.9 Å². The number of fused-ring (bicyclic) bond motifs is 1. The van der Waals surface area contributed by atoms with Crippen molar-refractivity contribution in [1.29, 1.82) is 0 Å². The van der Waals surface area contributed by atoms with Gasteiger partial charge in [0.2, 0.25) is 0 Å². The Kier molecular flexibility index (Phi) is 4.17. The number of carbonyl (C=O) groups excluding carboxylic acids is 1. The molecule has 0 radical (unpaired) electrons.